The summed E-state index contributed by atoms with van der Waals surface area (Å²) in [5, 5.41) is 8.12. The van der Waals surface area contributed by atoms with Crippen molar-refractivity contribution in [3.63, 3.8) is 0 Å². The minimum Gasteiger partial charge on any atom is -0.494 e. The zero-order chi connectivity index (χ0) is 31.6. The van der Waals surface area contributed by atoms with Gasteiger partial charge >= 0.3 is 0 Å². The van der Waals surface area contributed by atoms with E-state index < -0.39 is 17.1 Å². The zero-order valence-corrected chi connectivity index (χ0v) is 25.7. The van der Waals surface area contributed by atoms with Gasteiger partial charge in [0.2, 0.25) is 5.91 Å². The minimum absolute atomic E-state index is 0.0795. The molecule has 0 spiro atoms. The van der Waals surface area contributed by atoms with Gasteiger partial charge < -0.3 is 30.2 Å². The smallest absolute Gasteiger partial charge is 0.272 e. The molecule has 230 valence electrons. The molecule has 1 atom stereocenters. The Morgan fingerprint density at radius 2 is 1.53 bits per heavy atom. The molecule has 3 N–H and O–H groups in total. The predicted octanol–water partition coefficient (Wildman–Crippen LogP) is 6.39. The van der Waals surface area contributed by atoms with Crippen LogP contribution in [0.1, 0.15) is 29.8 Å². The third kappa shape index (κ3) is 8.67. The maximum atomic E-state index is 13.4. The Balaban J connectivity index is 1.23. The molecule has 45 heavy (non-hydrogen) atoms. The van der Waals surface area contributed by atoms with Crippen molar-refractivity contribution < 1.29 is 28.6 Å². The van der Waals surface area contributed by atoms with E-state index in [4.69, 9.17) is 14.2 Å². The van der Waals surface area contributed by atoms with Crippen LogP contribution in [-0.2, 0) is 9.59 Å². The van der Waals surface area contributed by atoms with Gasteiger partial charge in [-0.05, 0) is 86.2 Å². The molecule has 3 amide bonds. The number of rotatable bonds is 11. The molecule has 0 aliphatic carbocycles. The van der Waals surface area contributed by atoms with E-state index in [0.717, 1.165) is 4.90 Å². The van der Waals surface area contributed by atoms with Gasteiger partial charge in [-0.1, -0.05) is 30.3 Å². The van der Waals surface area contributed by atoms with Gasteiger partial charge in [0.25, 0.3) is 11.8 Å². The van der Waals surface area contributed by atoms with Crippen molar-refractivity contribution in [3.05, 3.63) is 114 Å². The van der Waals surface area contributed by atoms with Gasteiger partial charge in [0.1, 0.15) is 24.7 Å². The minimum atomic E-state index is -0.485. The third-order valence-electron chi connectivity index (χ3n) is 6.63. The molecule has 0 saturated heterocycles. The molecule has 1 aliphatic heterocycles. The summed E-state index contributed by atoms with van der Waals surface area (Å²) in [5.74, 6) is 0.925. The summed E-state index contributed by atoms with van der Waals surface area (Å²) >= 11 is 1.39. The van der Waals surface area contributed by atoms with Crippen LogP contribution in [0.15, 0.2) is 108 Å². The van der Waals surface area contributed by atoms with E-state index in [-0.39, 0.29) is 11.6 Å². The third-order valence-corrected chi connectivity index (χ3v) is 7.75. The number of hydrogen-bond acceptors (Lipinski definition) is 7. The summed E-state index contributed by atoms with van der Waals surface area (Å²) in [6.07, 6.45) is 1.61. The summed E-state index contributed by atoms with van der Waals surface area (Å²) in [4.78, 5) is 40.0. The van der Waals surface area contributed by atoms with Crippen LogP contribution in [0.5, 0.6) is 17.2 Å². The van der Waals surface area contributed by atoms with Crippen LogP contribution in [0.25, 0.3) is 6.08 Å². The first-order valence-corrected chi connectivity index (χ1v) is 15.4. The lowest BCUT2D eigenvalue weighted by molar-refractivity contribution is -0.115. The Morgan fingerprint density at radius 3 is 2.24 bits per heavy atom. The molecule has 9 nitrogen and oxygen atoms in total. The highest BCUT2D eigenvalue weighted by atomic mass is 32.2. The van der Waals surface area contributed by atoms with Crippen molar-refractivity contribution in [2.45, 2.75) is 24.0 Å². The molecule has 4 aromatic carbocycles. The standard InChI is InChI=1S/C35H33N3O6S/c1-3-42-28-14-9-24(10-15-28)21-30(38-34(40)25-7-5-4-6-8-25)35(41)36-26-11-16-29(17-12-26)45-23(2)33(39)37-27-13-18-31-32(22-27)44-20-19-43-31/h4-18,21-23H,3,19-20H2,1-2H3,(H,36,41)(H,37,39)(H,38,40)/b30-21-. The molecule has 0 fully saturated rings. The second kappa shape index (κ2) is 15.0. The maximum Gasteiger partial charge on any atom is 0.272 e. The van der Waals surface area contributed by atoms with E-state index in [1.807, 2.05) is 44.2 Å². The van der Waals surface area contributed by atoms with Crippen LogP contribution in [-0.4, -0.2) is 42.8 Å². The fraction of sp³-hybridized carbons (Fsp3) is 0.171. The SMILES string of the molecule is CCOc1ccc(/C=C(\NC(=O)c2ccccc2)C(=O)Nc2ccc(SC(C)C(=O)Nc3ccc4c(c3)OCCO4)cc2)cc1. The van der Waals surface area contributed by atoms with Crippen molar-refractivity contribution in [1.29, 1.82) is 0 Å². The average molecular weight is 624 g/mol. The molecular weight excluding hydrogens is 590 g/mol. The van der Waals surface area contributed by atoms with Gasteiger partial charge in [-0.3, -0.25) is 14.4 Å². The van der Waals surface area contributed by atoms with Gasteiger partial charge in [-0.15, -0.1) is 11.8 Å². The Labute approximate surface area is 266 Å². The first-order chi connectivity index (χ1) is 21.9. The number of carbonyl (C=O) groups is 3. The number of amides is 3. The highest BCUT2D eigenvalue weighted by Crippen LogP contribution is 2.33. The average Bonchev–Trinajstić information content (AvgIpc) is 3.06. The van der Waals surface area contributed by atoms with Crippen LogP contribution in [0, 0.1) is 0 Å². The zero-order valence-electron chi connectivity index (χ0n) is 24.9. The van der Waals surface area contributed by atoms with E-state index in [2.05, 4.69) is 16.0 Å². The lowest BCUT2D eigenvalue weighted by atomic mass is 10.1. The molecular formula is C35H33N3O6S. The Hall–Kier alpha value is -5.22. The van der Waals surface area contributed by atoms with Crippen LogP contribution in [0.4, 0.5) is 11.4 Å². The van der Waals surface area contributed by atoms with Crippen molar-refractivity contribution in [3.8, 4) is 17.2 Å². The van der Waals surface area contributed by atoms with Crippen LogP contribution >= 0.6 is 11.8 Å². The molecule has 1 aliphatic rings. The fourth-order valence-electron chi connectivity index (χ4n) is 4.37. The second-order valence-corrected chi connectivity index (χ2v) is 11.4. The van der Waals surface area contributed by atoms with Crippen LogP contribution in [0.2, 0.25) is 0 Å². The second-order valence-electron chi connectivity index (χ2n) is 9.97. The van der Waals surface area contributed by atoms with Gasteiger partial charge in [0.05, 0.1) is 11.9 Å². The molecule has 10 heteroatoms. The van der Waals surface area contributed by atoms with E-state index in [9.17, 15) is 14.4 Å². The Morgan fingerprint density at radius 1 is 0.844 bits per heavy atom. The highest BCUT2D eigenvalue weighted by Gasteiger charge is 2.18. The molecule has 0 saturated carbocycles. The summed E-state index contributed by atoms with van der Waals surface area (Å²) in [6, 6.07) is 28.4. The summed E-state index contributed by atoms with van der Waals surface area (Å²) < 4.78 is 16.6. The first-order valence-electron chi connectivity index (χ1n) is 14.5. The molecule has 0 aromatic heterocycles. The molecule has 0 bridgehead atoms. The van der Waals surface area contributed by atoms with E-state index >= 15 is 0 Å². The van der Waals surface area contributed by atoms with Gasteiger partial charge in [0.15, 0.2) is 11.5 Å². The summed E-state index contributed by atoms with van der Waals surface area (Å²) in [7, 11) is 0. The number of fused-ring (bicyclic) bond motifs is 1. The number of hydrogen-bond donors (Lipinski definition) is 3. The largest absolute Gasteiger partial charge is 0.494 e. The molecule has 1 unspecified atom stereocenters. The number of thioether (sulfide) groups is 1. The first kappa shape index (κ1) is 31.2. The van der Waals surface area contributed by atoms with Crippen molar-refractivity contribution in [1.82, 2.24) is 5.32 Å². The Kier molecular flexibility index (Phi) is 10.4. The lowest BCUT2D eigenvalue weighted by Gasteiger charge is -2.19. The maximum absolute atomic E-state index is 13.4. The molecule has 1 heterocycles. The summed E-state index contributed by atoms with van der Waals surface area (Å²) in [6.45, 7) is 5.24. The number of ether oxygens (including phenoxy) is 3. The fourth-order valence-corrected chi connectivity index (χ4v) is 5.24. The lowest BCUT2D eigenvalue weighted by Crippen LogP contribution is -2.30. The molecule has 4 aromatic rings. The van der Waals surface area contributed by atoms with Crippen molar-refractivity contribution in [2.24, 2.45) is 0 Å². The van der Waals surface area contributed by atoms with E-state index in [1.165, 1.54) is 11.8 Å². The van der Waals surface area contributed by atoms with Gasteiger partial charge in [0, 0.05) is 27.9 Å². The number of anilines is 2. The van der Waals surface area contributed by atoms with Crippen molar-refractivity contribution in [2.75, 3.05) is 30.5 Å². The molecule has 5 rings (SSSR count). The van der Waals surface area contributed by atoms with E-state index in [1.54, 1.807) is 72.8 Å². The monoisotopic (exact) mass is 623 g/mol. The van der Waals surface area contributed by atoms with Gasteiger partial charge in [-0.2, -0.15) is 0 Å². The molecule has 0 radical (unpaired) electrons. The Bertz CT molecular complexity index is 1670. The van der Waals surface area contributed by atoms with E-state index in [0.29, 0.717) is 59.6 Å². The topological polar surface area (TPSA) is 115 Å². The highest BCUT2D eigenvalue weighted by molar-refractivity contribution is 8.00. The number of benzene rings is 4. The van der Waals surface area contributed by atoms with Crippen molar-refractivity contribution >= 4 is 46.9 Å². The number of nitrogens with one attached hydrogen (secondary N) is 3. The predicted molar refractivity (Wildman–Crippen MR) is 176 cm³/mol. The quantitative estimate of drug-likeness (QED) is 0.131. The number of carbonyl (C=O) groups excluding carboxylic acids is 3. The normalized spacial score (nSPS) is 12.9. The van der Waals surface area contributed by atoms with Gasteiger partial charge in [-0.25, -0.2) is 0 Å². The van der Waals surface area contributed by atoms with Crippen LogP contribution < -0.4 is 30.2 Å². The van der Waals surface area contributed by atoms with Crippen LogP contribution in [0.3, 0.4) is 0 Å². The summed E-state index contributed by atoms with van der Waals surface area (Å²) in [5.41, 5.74) is 2.38.